The Labute approximate surface area is 180 Å². The van der Waals surface area contributed by atoms with E-state index in [-0.39, 0.29) is 11.6 Å². The molecular formula is C24H26FN5O. The highest BCUT2D eigenvalue weighted by atomic mass is 19.1. The minimum atomic E-state index is -0.333. The van der Waals surface area contributed by atoms with Crippen LogP contribution in [0.15, 0.2) is 54.7 Å². The van der Waals surface area contributed by atoms with Crippen LogP contribution in [0.5, 0.6) is 5.75 Å². The van der Waals surface area contributed by atoms with E-state index < -0.39 is 0 Å². The molecule has 0 aliphatic carbocycles. The van der Waals surface area contributed by atoms with Gasteiger partial charge >= 0.3 is 0 Å². The quantitative estimate of drug-likeness (QED) is 0.490. The number of fused-ring (bicyclic) bond motifs is 1. The molecule has 1 N–H and O–H groups in total. The number of ether oxygens (including phenoxy) is 1. The highest BCUT2D eigenvalue weighted by Crippen LogP contribution is 2.28. The van der Waals surface area contributed by atoms with E-state index in [4.69, 9.17) is 4.74 Å². The van der Waals surface area contributed by atoms with Crippen LogP contribution in [0.3, 0.4) is 0 Å². The number of nitrogens with zero attached hydrogens (tertiary/aromatic N) is 4. The highest BCUT2D eigenvalue weighted by Gasteiger charge is 2.27. The average Bonchev–Trinajstić information content (AvgIpc) is 3.49. The number of H-pyrrole nitrogens is 1. The molecule has 5 rings (SSSR count). The van der Waals surface area contributed by atoms with Gasteiger partial charge < -0.3 is 9.14 Å². The lowest BCUT2D eigenvalue weighted by atomic mass is 10.0. The minimum absolute atomic E-state index is 0.288. The van der Waals surface area contributed by atoms with Crippen LogP contribution in [0.25, 0.3) is 5.65 Å². The number of likely N-dealkylation sites (tertiary alicyclic amines) is 1. The molecule has 1 fully saturated rings. The molecule has 3 aromatic heterocycles. The molecule has 1 atom stereocenters. The van der Waals surface area contributed by atoms with Gasteiger partial charge in [0.05, 0.1) is 23.7 Å². The summed E-state index contributed by atoms with van der Waals surface area (Å²) in [5.74, 6) is 0.369. The van der Waals surface area contributed by atoms with E-state index in [9.17, 15) is 4.39 Å². The molecule has 4 aromatic rings. The van der Waals surface area contributed by atoms with Gasteiger partial charge in [-0.3, -0.25) is 10.00 Å². The normalized spacial score (nSPS) is 16.9. The summed E-state index contributed by atoms with van der Waals surface area (Å²) in [6.45, 7) is 5.41. The van der Waals surface area contributed by atoms with Crippen LogP contribution >= 0.6 is 0 Å². The zero-order valence-electron chi connectivity index (χ0n) is 17.6. The Hall–Kier alpha value is -3.19. The first kappa shape index (κ1) is 19.8. The predicted octanol–water partition coefficient (Wildman–Crippen LogP) is 4.12. The first-order valence-corrected chi connectivity index (χ1v) is 10.7. The van der Waals surface area contributed by atoms with Crippen molar-refractivity contribution >= 4 is 5.65 Å². The fraction of sp³-hybridized carbons (Fsp3) is 0.333. The van der Waals surface area contributed by atoms with E-state index in [0.717, 1.165) is 48.8 Å². The Morgan fingerprint density at radius 1 is 1.19 bits per heavy atom. The van der Waals surface area contributed by atoms with Gasteiger partial charge in [-0.05, 0) is 50.2 Å². The van der Waals surface area contributed by atoms with E-state index in [0.29, 0.717) is 18.9 Å². The number of aromatic nitrogens is 4. The summed E-state index contributed by atoms with van der Waals surface area (Å²) >= 11 is 0. The number of nitrogens with one attached hydrogen (secondary N) is 1. The second-order valence-electron chi connectivity index (χ2n) is 8.14. The van der Waals surface area contributed by atoms with Crippen LogP contribution in [-0.2, 0) is 13.0 Å². The molecule has 0 radical (unpaired) electrons. The van der Waals surface area contributed by atoms with E-state index in [1.54, 1.807) is 18.2 Å². The van der Waals surface area contributed by atoms with Gasteiger partial charge in [-0.15, -0.1) is 0 Å². The molecule has 0 amide bonds. The number of benzene rings is 1. The van der Waals surface area contributed by atoms with Crippen LogP contribution in [0.1, 0.15) is 35.1 Å². The van der Waals surface area contributed by atoms with Crippen molar-refractivity contribution in [3.05, 3.63) is 83.3 Å². The monoisotopic (exact) mass is 419 g/mol. The molecule has 1 aliphatic heterocycles. The summed E-state index contributed by atoms with van der Waals surface area (Å²) in [6, 6.07) is 14.7. The van der Waals surface area contributed by atoms with Crippen LogP contribution in [-0.4, -0.2) is 44.2 Å². The highest BCUT2D eigenvalue weighted by molar-refractivity contribution is 5.42. The summed E-state index contributed by atoms with van der Waals surface area (Å²) in [4.78, 5) is 7.15. The number of aryl methyl sites for hydroxylation is 1. The van der Waals surface area contributed by atoms with Gasteiger partial charge in [-0.25, -0.2) is 9.37 Å². The van der Waals surface area contributed by atoms with Gasteiger partial charge in [0.25, 0.3) is 0 Å². The van der Waals surface area contributed by atoms with Crippen molar-refractivity contribution in [1.82, 2.24) is 24.5 Å². The maximum absolute atomic E-state index is 13.7. The largest absolute Gasteiger partial charge is 0.490 e. The van der Waals surface area contributed by atoms with Crippen LogP contribution in [0.2, 0.25) is 0 Å². The summed E-state index contributed by atoms with van der Waals surface area (Å²) in [5.41, 5.74) is 5.46. The van der Waals surface area contributed by atoms with Crippen molar-refractivity contribution < 1.29 is 9.13 Å². The number of para-hydroxylation sites is 1. The number of hydrogen-bond donors (Lipinski definition) is 1. The molecule has 1 aromatic carbocycles. The Morgan fingerprint density at radius 3 is 2.97 bits per heavy atom. The SMILES string of the molecule is Cc1nc2ccccn2c1CN1CC[C@H](c2cc(CCOc3ccccc3F)[nH]n2)C1. The summed E-state index contributed by atoms with van der Waals surface area (Å²) in [7, 11) is 0. The number of halogens is 1. The Bertz CT molecular complexity index is 1180. The van der Waals surface area contributed by atoms with Crippen molar-refractivity contribution in [2.75, 3.05) is 19.7 Å². The van der Waals surface area contributed by atoms with Crippen LogP contribution in [0, 0.1) is 12.7 Å². The van der Waals surface area contributed by atoms with Crippen molar-refractivity contribution in [2.45, 2.75) is 32.2 Å². The summed E-state index contributed by atoms with van der Waals surface area (Å²) in [6.07, 6.45) is 3.84. The maximum Gasteiger partial charge on any atom is 0.165 e. The van der Waals surface area contributed by atoms with E-state index in [1.807, 2.05) is 18.2 Å². The smallest absolute Gasteiger partial charge is 0.165 e. The number of aromatic amines is 1. The number of imidazole rings is 1. The zero-order valence-corrected chi connectivity index (χ0v) is 17.6. The molecular weight excluding hydrogens is 393 g/mol. The molecule has 4 heterocycles. The Balaban J connectivity index is 1.17. The van der Waals surface area contributed by atoms with E-state index >= 15 is 0 Å². The molecule has 0 spiro atoms. The molecule has 1 saturated heterocycles. The topological polar surface area (TPSA) is 58.5 Å². The standard InChI is InChI=1S/C24H26FN5O/c1-17-22(30-11-5-4-8-24(30)26-17)16-29-12-9-18(15-29)21-14-19(27-28-21)10-13-31-23-7-3-2-6-20(23)25/h2-8,11,14,18H,9-10,12-13,15-16H2,1H3,(H,27,28)/t18-/m0/s1. The van der Waals surface area contributed by atoms with Crippen molar-refractivity contribution in [1.29, 1.82) is 0 Å². The lowest BCUT2D eigenvalue weighted by molar-refractivity contribution is 0.304. The van der Waals surface area contributed by atoms with Gasteiger partial charge in [0.1, 0.15) is 5.65 Å². The Morgan fingerprint density at radius 2 is 2.06 bits per heavy atom. The number of rotatable bonds is 7. The predicted molar refractivity (Wildman–Crippen MR) is 117 cm³/mol. The Kier molecular flexibility index (Phi) is 5.42. The van der Waals surface area contributed by atoms with Crippen molar-refractivity contribution in [3.63, 3.8) is 0 Å². The first-order chi connectivity index (χ1) is 15.2. The van der Waals surface area contributed by atoms with Gasteiger partial charge in [-0.1, -0.05) is 18.2 Å². The molecule has 7 heteroatoms. The molecule has 31 heavy (non-hydrogen) atoms. The van der Waals surface area contributed by atoms with E-state index in [1.165, 1.54) is 11.8 Å². The fourth-order valence-electron chi connectivity index (χ4n) is 4.33. The fourth-order valence-corrected chi connectivity index (χ4v) is 4.33. The average molecular weight is 420 g/mol. The van der Waals surface area contributed by atoms with Gasteiger partial charge in [0.2, 0.25) is 0 Å². The van der Waals surface area contributed by atoms with Gasteiger partial charge in [0.15, 0.2) is 11.6 Å². The number of hydrogen-bond acceptors (Lipinski definition) is 4. The molecule has 0 bridgehead atoms. The molecule has 1 aliphatic rings. The second-order valence-corrected chi connectivity index (χ2v) is 8.14. The third kappa shape index (κ3) is 4.18. The molecule has 6 nitrogen and oxygen atoms in total. The maximum atomic E-state index is 13.7. The third-order valence-corrected chi connectivity index (χ3v) is 6.01. The summed E-state index contributed by atoms with van der Waals surface area (Å²) in [5, 5.41) is 7.66. The lowest BCUT2D eigenvalue weighted by Crippen LogP contribution is -2.21. The van der Waals surface area contributed by atoms with E-state index in [2.05, 4.69) is 43.7 Å². The molecule has 0 unspecified atom stereocenters. The zero-order chi connectivity index (χ0) is 21.2. The van der Waals surface area contributed by atoms with Crippen molar-refractivity contribution in [3.8, 4) is 5.75 Å². The number of pyridine rings is 1. The minimum Gasteiger partial charge on any atom is -0.490 e. The lowest BCUT2D eigenvalue weighted by Gasteiger charge is -2.16. The molecule has 0 saturated carbocycles. The second kappa shape index (κ2) is 8.51. The van der Waals surface area contributed by atoms with Crippen molar-refractivity contribution in [2.24, 2.45) is 0 Å². The van der Waals surface area contributed by atoms with Gasteiger partial charge in [-0.2, -0.15) is 5.10 Å². The van der Waals surface area contributed by atoms with Gasteiger partial charge in [0, 0.05) is 37.3 Å². The third-order valence-electron chi connectivity index (χ3n) is 6.01. The first-order valence-electron chi connectivity index (χ1n) is 10.7. The van der Waals surface area contributed by atoms with Crippen LogP contribution in [0.4, 0.5) is 4.39 Å². The van der Waals surface area contributed by atoms with Crippen LogP contribution < -0.4 is 4.74 Å². The summed E-state index contributed by atoms with van der Waals surface area (Å²) < 4.78 is 21.4. The molecule has 160 valence electrons.